The second-order valence-electron chi connectivity index (χ2n) is 8.24. The van der Waals surface area contributed by atoms with Crippen molar-refractivity contribution in [1.82, 2.24) is 29.4 Å². The van der Waals surface area contributed by atoms with Crippen molar-refractivity contribution in [2.45, 2.75) is 65.8 Å². The molecule has 0 bridgehead atoms. The van der Waals surface area contributed by atoms with E-state index in [0.717, 1.165) is 31.0 Å². The third kappa shape index (κ3) is 5.45. The van der Waals surface area contributed by atoms with Crippen LogP contribution in [-0.2, 0) is 22.6 Å². The zero-order valence-electron chi connectivity index (χ0n) is 18.3. The van der Waals surface area contributed by atoms with Crippen molar-refractivity contribution >= 4 is 5.97 Å². The van der Waals surface area contributed by atoms with Gasteiger partial charge in [0.1, 0.15) is 6.04 Å². The van der Waals surface area contributed by atoms with E-state index in [4.69, 9.17) is 4.74 Å². The zero-order valence-corrected chi connectivity index (χ0v) is 18.3. The topological polar surface area (TPSA) is 68.4 Å². The number of rotatable bonds is 8. The Balaban J connectivity index is 1.67. The van der Waals surface area contributed by atoms with Crippen molar-refractivity contribution in [2.24, 2.45) is 0 Å². The van der Waals surface area contributed by atoms with Crippen molar-refractivity contribution in [2.75, 3.05) is 26.2 Å². The summed E-state index contributed by atoms with van der Waals surface area (Å²) in [5.74, 6) is -0.159. The van der Waals surface area contributed by atoms with Crippen molar-refractivity contribution in [3.8, 4) is 0 Å². The molecular weight excluding hydrogens is 368 g/mol. The fourth-order valence-electron chi connectivity index (χ4n) is 3.61. The molecule has 8 heteroatoms. The minimum absolute atomic E-state index is 0.159. The number of nitrogens with zero attached hydrogens (tertiary/aromatic N) is 6. The van der Waals surface area contributed by atoms with Gasteiger partial charge in [0, 0.05) is 57.2 Å². The van der Waals surface area contributed by atoms with Crippen LogP contribution >= 0.6 is 0 Å². The Morgan fingerprint density at radius 1 is 1.03 bits per heavy atom. The van der Waals surface area contributed by atoms with E-state index >= 15 is 0 Å². The van der Waals surface area contributed by atoms with Gasteiger partial charge in [0.15, 0.2) is 0 Å². The molecule has 0 spiro atoms. The van der Waals surface area contributed by atoms with Gasteiger partial charge in [-0.3, -0.25) is 24.0 Å². The summed E-state index contributed by atoms with van der Waals surface area (Å²) >= 11 is 0. The third-order valence-electron chi connectivity index (χ3n) is 5.27. The van der Waals surface area contributed by atoms with Crippen molar-refractivity contribution in [3.05, 3.63) is 35.9 Å². The largest absolute Gasteiger partial charge is 0.465 e. The molecule has 1 fully saturated rings. The summed E-state index contributed by atoms with van der Waals surface area (Å²) in [5.41, 5.74) is 2.02. The SMILES string of the molecule is CCOC(=O)C1CN(Cc2ccn(C(C)C)n2)CCN1Cc1ccn(C(C)C)n1. The van der Waals surface area contributed by atoms with Crippen molar-refractivity contribution in [1.29, 1.82) is 0 Å². The summed E-state index contributed by atoms with van der Waals surface area (Å²) in [7, 11) is 0. The minimum Gasteiger partial charge on any atom is -0.465 e. The zero-order chi connectivity index (χ0) is 21.0. The first kappa shape index (κ1) is 21.5. The lowest BCUT2D eigenvalue weighted by molar-refractivity contribution is -0.152. The first-order valence-corrected chi connectivity index (χ1v) is 10.6. The number of aromatic nitrogens is 4. The van der Waals surface area contributed by atoms with Crippen LogP contribution in [0.15, 0.2) is 24.5 Å². The van der Waals surface area contributed by atoms with E-state index in [-0.39, 0.29) is 12.0 Å². The molecule has 0 amide bonds. The van der Waals surface area contributed by atoms with Crippen LogP contribution in [0.2, 0.25) is 0 Å². The van der Waals surface area contributed by atoms with Gasteiger partial charge in [-0.2, -0.15) is 10.2 Å². The molecule has 3 rings (SSSR count). The summed E-state index contributed by atoms with van der Waals surface area (Å²) in [6.07, 6.45) is 4.02. The molecule has 29 heavy (non-hydrogen) atoms. The Labute approximate surface area is 173 Å². The molecule has 1 saturated heterocycles. The van der Waals surface area contributed by atoms with Crippen LogP contribution in [0.4, 0.5) is 0 Å². The van der Waals surface area contributed by atoms with Crippen molar-refractivity contribution < 1.29 is 9.53 Å². The standard InChI is InChI=1S/C21H34N6O2/c1-6-29-21(28)20-15-24(13-18-7-9-26(22-18)16(2)3)11-12-25(20)14-19-8-10-27(23-19)17(4)5/h7-10,16-17,20H,6,11-15H2,1-5H3. The molecule has 8 nitrogen and oxygen atoms in total. The maximum atomic E-state index is 12.7. The van der Waals surface area contributed by atoms with Gasteiger partial charge >= 0.3 is 5.97 Å². The lowest BCUT2D eigenvalue weighted by atomic mass is 10.1. The lowest BCUT2D eigenvalue weighted by Gasteiger charge is -2.39. The number of hydrogen-bond acceptors (Lipinski definition) is 6. The average molecular weight is 403 g/mol. The van der Waals surface area contributed by atoms with Gasteiger partial charge in [-0.05, 0) is 46.8 Å². The normalized spacial score (nSPS) is 18.7. The van der Waals surface area contributed by atoms with Gasteiger partial charge in [-0.1, -0.05) is 0 Å². The Morgan fingerprint density at radius 3 is 2.14 bits per heavy atom. The molecule has 0 aromatic carbocycles. The molecule has 0 saturated carbocycles. The molecule has 1 atom stereocenters. The van der Waals surface area contributed by atoms with Crippen LogP contribution in [0.1, 0.15) is 58.1 Å². The van der Waals surface area contributed by atoms with Crippen LogP contribution in [0.3, 0.4) is 0 Å². The van der Waals surface area contributed by atoms with Crippen LogP contribution < -0.4 is 0 Å². The van der Waals surface area contributed by atoms with Gasteiger partial charge in [0.25, 0.3) is 0 Å². The molecular formula is C21H34N6O2. The van der Waals surface area contributed by atoms with E-state index in [1.54, 1.807) is 0 Å². The van der Waals surface area contributed by atoms with Crippen LogP contribution in [0, 0.1) is 0 Å². The maximum absolute atomic E-state index is 12.7. The molecule has 3 heterocycles. The third-order valence-corrected chi connectivity index (χ3v) is 5.27. The van der Waals surface area contributed by atoms with Gasteiger partial charge in [-0.15, -0.1) is 0 Å². The highest BCUT2D eigenvalue weighted by molar-refractivity contribution is 5.76. The van der Waals surface area contributed by atoms with E-state index < -0.39 is 0 Å². The second kappa shape index (κ2) is 9.54. The highest BCUT2D eigenvalue weighted by Crippen LogP contribution is 2.18. The lowest BCUT2D eigenvalue weighted by Crippen LogP contribution is -2.56. The first-order valence-electron chi connectivity index (χ1n) is 10.6. The smallest absolute Gasteiger partial charge is 0.324 e. The summed E-state index contributed by atoms with van der Waals surface area (Å²) in [6, 6.07) is 4.47. The van der Waals surface area contributed by atoms with Gasteiger partial charge in [-0.25, -0.2) is 0 Å². The second-order valence-corrected chi connectivity index (χ2v) is 8.24. The number of piperazine rings is 1. The van der Waals surface area contributed by atoms with E-state index in [2.05, 4.69) is 53.8 Å². The van der Waals surface area contributed by atoms with E-state index in [1.807, 2.05) is 34.7 Å². The summed E-state index contributed by atoms with van der Waals surface area (Å²) in [4.78, 5) is 17.1. The highest BCUT2D eigenvalue weighted by atomic mass is 16.5. The first-order chi connectivity index (χ1) is 13.9. The van der Waals surface area contributed by atoms with E-state index in [1.165, 1.54) is 0 Å². The molecule has 0 aliphatic carbocycles. The summed E-state index contributed by atoms with van der Waals surface area (Å²) < 4.78 is 9.30. The van der Waals surface area contributed by atoms with Gasteiger partial charge in [0.2, 0.25) is 0 Å². The molecule has 1 unspecified atom stereocenters. The van der Waals surface area contributed by atoms with Crippen LogP contribution in [0.5, 0.6) is 0 Å². The Kier molecular flexibility index (Phi) is 7.08. The predicted molar refractivity (Wildman–Crippen MR) is 111 cm³/mol. The minimum atomic E-state index is -0.292. The molecule has 1 aliphatic rings. The van der Waals surface area contributed by atoms with Crippen LogP contribution in [0.25, 0.3) is 0 Å². The van der Waals surface area contributed by atoms with Gasteiger partial charge < -0.3 is 4.74 Å². The Morgan fingerprint density at radius 2 is 1.62 bits per heavy atom. The maximum Gasteiger partial charge on any atom is 0.324 e. The monoisotopic (exact) mass is 402 g/mol. The number of carbonyl (C=O) groups is 1. The summed E-state index contributed by atoms with van der Waals surface area (Å²) in [6.45, 7) is 14.4. The van der Waals surface area contributed by atoms with Crippen LogP contribution in [-0.4, -0.2) is 67.6 Å². The summed E-state index contributed by atoms with van der Waals surface area (Å²) in [5, 5.41) is 9.29. The molecule has 1 aliphatic heterocycles. The highest BCUT2D eigenvalue weighted by Gasteiger charge is 2.34. The molecule has 0 N–H and O–H groups in total. The van der Waals surface area contributed by atoms with Crippen molar-refractivity contribution in [3.63, 3.8) is 0 Å². The fraction of sp³-hybridized carbons (Fsp3) is 0.667. The van der Waals surface area contributed by atoms with E-state index in [9.17, 15) is 4.79 Å². The number of carbonyl (C=O) groups excluding carboxylic acids is 1. The molecule has 2 aromatic rings. The number of hydrogen-bond donors (Lipinski definition) is 0. The average Bonchev–Trinajstić information content (AvgIpc) is 3.33. The Bertz CT molecular complexity index is 797. The molecule has 2 aromatic heterocycles. The number of ether oxygens (including phenoxy) is 1. The van der Waals surface area contributed by atoms with Gasteiger partial charge in [0.05, 0.1) is 18.0 Å². The quantitative estimate of drug-likeness (QED) is 0.632. The number of esters is 1. The Hall–Kier alpha value is -2.19. The molecule has 0 radical (unpaired) electrons. The fourth-order valence-corrected chi connectivity index (χ4v) is 3.61. The molecule has 160 valence electrons. The predicted octanol–water partition coefficient (Wildman–Crippen LogP) is 2.49. The van der Waals surface area contributed by atoms with E-state index in [0.29, 0.717) is 31.8 Å².